The summed E-state index contributed by atoms with van der Waals surface area (Å²) in [5, 5.41) is 3.38. The Morgan fingerprint density at radius 2 is 1.75 bits per heavy atom. The van der Waals surface area contributed by atoms with Gasteiger partial charge in [-0.2, -0.15) is 0 Å². The van der Waals surface area contributed by atoms with Crippen molar-refractivity contribution in [2.24, 2.45) is 17.3 Å². The summed E-state index contributed by atoms with van der Waals surface area (Å²) < 4.78 is 0. The van der Waals surface area contributed by atoms with Crippen molar-refractivity contribution in [2.75, 3.05) is 7.05 Å². The second kappa shape index (κ2) is 5.01. The minimum Gasteiger partial charge on any atom is -0.313 e. The molecular formula is C15H25N. The SMILES string of the molecule is C=C(C(NC)C(C)C)C(C)(C)C1C=CC=C1. The van der Waals surface area contributed by atoms with Crippen molar-refractivity contribution >= 4 is 0 Å². The van der Waals surface area contributed by atoms with E-state index in [9.17, 15) is 0 Å². The molecule has 1 N–H and O–H groups in total. The van der Waals surface area contributed by atoms with Gasteiger partial charge in [0, 0.05) is 12.0 Å². The maximum Gasteiger partial charge on any atom is 0.0302 e. The molecule has 0 saturated carbocycles. The molecule has 0 radical (unpaired) electrons. The van der Waals surface area contributed by atoms with E-state index < -0.39 is 0 Å². The van der Waals surface area contributed by atoms with Crippen LogP contribution >= 0.6 is 0 Å². The van der Waals surface area contributed by atoms with Crippen molar-refractivity contribution < 1.29 is 0 Å². The van der Waals surface area contributed by atoms with Crippen LogP contribution in [-0.2, 0) is 0 Å². The molecule has 1 aliphatic carbocycles. The quantitative estimate of drug-likeness (QED) is 0.697. The number of allylic oxidation sites excluding steroid dienone is 4. The van der Waals surface area contributed by atoms with Crippen LogP contribution in [0.15, 0.2) is 36.5 Å². The summed E-state index contributed by atoms with van der Waals surface area (Å²) in [6.45, 7) is 13.4. The Morgan fingerprint density at radius 1 is 1.25 bits per heavy atom. The summed E-state index contributed by atoms with van der Waals surface area (Å²) >= 11 is 0. The van der Waals surface area contributed by atoms with Gasteiger partial charge in [-0.25, -0.2) is 0 Å². The lowest BCUT2D eigenvalue weighted by Gasteiger charge is -2.38. The van der Waals surface area contributed by atoms with Gasteiger partial charge in [0.05, 0.1) is 0 Å². The molecule has 1 rings (SSSR count). The third-order valence-corrected chi connectivity index (χ3v) is 3.76. The molecule has 0 heterocycles. The highest BCUT2D eigenvalue weighted by molar-refractivity contribution is 5.28. The summed E-state index contributed by atoms with van der Waals surface area (Å²) in [6.07, 6.45) is 8.78. The van der Waals surface area contributed by atoms with E-state index in [1.54, 1.807) is 0 Å². The zero-order valence-electron chi connectivity index (χ0n) is 11.2. The van der Waals surface area contributed by atoms with Gasteiger partial charge in [0.1, 0.15) is 0 Å². The molecule has 0 saturated heterocycles. The zero-order valence-corrected chi connectivity index (χ0v) is 11.2. The van der Waals surface area contributed by atoms with Crippen molar-refractivity contribution in [3.8, 4) is 0 Å². The standard InChI is InChI=1S/C15H25N/c1-11(2)14(16-6)12(3)15(4,5)13-9-7-8-10-13/h7-11,13-14,16H,3H2,1-2,4-6H3. The van der Waals surface area contributed by atoms with E-state index in [0.29, 0.717) is 17.9 Å². The van der Waals surface area contributed by atoms with Crippen LogP contribution in [0.1, 0.15) is 27.7 Å². The summed E-state index contributed by atoms with van der Waals surface area (Å²) in [4.78, 5) is 0. The first-order valence-electron chi connectivity index (χ1n) is 6.12. The van der Waals surface area contributed by atoms with Crippen LogP contribution in [0.5, 0.6) is 0 Å². The fraction of sp³-hybridized carbons (Fsp3) is 0.600. The van der Waals surface area contributed by atoms with Crippen LogP contribution in [-0.4, -0.2) is 13.1 Å². The smallest absolute Gasteiger partial charge is 0.0302 e. The normalized spacial score (nSPS) is 18.4. The van der Waals surface area contributed by atoms with E-state index in [-0.39, 0.29) is 5.41 Å². The Kier molecular flexibility index (Phi) is 4.15. The molecule has 1 nitrogen and oxygen atoms in total. The van der Waals surface area contributed by atoms with Gasteiger partial charge in [-0.05, 0) is 18.4 Å². The van der Waals surface area contributed by atoms with Gasteiger partial charge in [0.2, 0.25) is 0 Å². The molecule has 0 aromatic heterocycles. The van der Waals surface area contributed by atoms with Crippen LogP contribution in [0.25, 0.3) is 0 Å². The lowest BCUT2D eigenvalue weighted by atomic mass is 9.70. The maximum atomic E-state index is 4.33. The van der Waals surface area contributed by atoms with Crippen LogP contribution in [0.3, 0.4) is 0 Å². The van der Waals surface area contributed by atoms with Crippen molar-refractivity contribution in [2.45, 2.75) is 33.7 Å². The number of nitrogens with one attached hydrogen (secondary N) is 1. The van der Waals surface area contributed by atoms with E-state index >= 15 is 0 Å². The lowest BCUT2D eigenvalue weighted by Crippen LogP contribution is -2.39. The molecule has 0 amide bonds. The van der Waals surface area contributed by atoms with Crippen LogP contribution in [0.2, 0.25) is 0 Å². The Balaban J connectivity index is 2.85. The molecule has 90 valence electrons. The monoisotopic (exact) mass is 219 g/mol. The second-order valence-corrected chi connectivity index (χ2v) is 5.55. The fourth-order valence-electron chi connectivity index (χ4n) is 2.44. The first kappa shape index (κ1) is 13.2. The Hall–Kier alpha value is -0.820. The summed E-state index contributed by atoms with van der Waals surface area (Å²) in [7, 11) is 2.02. The minimum absolute atomic E-state index is 0.113. The van der Waals surface area contributed by atoms with E-state index in [1.165, 1.54) is 5.57 Å². The van der Waals surface area contributed by atoms with Crippen LogP contribution in [0, 0.1) is 17.3 Å². The highest BCUT2D eigenvalue weighted by Crippen LogP contribution is 2.40. The molecule has 1 aliphatic rings. The minimum atomic E-state index is 0.113. The fourth-order valence-corrected chi connectivity index (χ4v) is 2.44. The average Bonchev–Trinajstić information content (AvgIpc) is 2.71. The summed E-state index contributed by atoms with van der Waals surface area (Å²) in [6, 6.07) is 0.386. The number of hydrogen-bond donors (Lipinski definition) is 1. The molecule has 0 spiro atoms. The van der Waals surface area contributed by atoms with Gasteiger partial charge in [-0.3, -0.25) is 0 Å². The molecular weight excluding hydrogens is 194 g/mol. The third-order valence-electron chi connectivity index (χ3n) is 3.76. The first-order valence-corrected chi connectivity index (χ1v) is 6.12. The van der Waals surface area contributed by atoms with Crippen molar-refractivity contribution in [1.82, 2.24) is 5.32 Å². The maximum absolute atomic E-state index is 4.33. The van der Waals surface area contributed by atoms with Crippen molar-refractivity contribution in [1.29, 1.82) is 0 Å². The first-order chi connectivity index (χ1) is 7.41. The second-order valence-electron chi connectivity index (χ2n) is 5.55. The Bertz CT molecular complexity index is 295. The Morgan fingerprint density at radius 3 is 2.12 bits per heavy atom. The molecule has 0 fully saturated rings. The topological polar surface area (TPSA) is 12.0 Å². The number of rotatable bonds is 5. The van der Waals surface area contributed by atoms with E-state index in [1.807, 2.05) is 7.05 Å². The molecule has 1 unspecified atom stereocenters. The van der Waals surface area contributed by atoms with Gasteiger partial charge >= 0.3 is 0 Å². The highest BCUT2D eigenvalue weighted by atomic mass is 14.9. The molecule has 0 aliphatic heterocycles. The van der Waals surface area contributed by atoms with Crippen LogP contribution < -0.4 is 5.32 Å². The highest BCUT2D eigenvalue weighted by Gasteiger charge is 2.34. The van der Waals surface area contributed by atoms with Crippen molar-refractivity contribution in [3.05, 3.63) is 36.5 Å². The molecule has 16 heavy (non-hydrogen) atoms. The van der Waals surface area contributed by atoms with Crippen molar-refractivity contribution in [3.63, 3.8) is 0 Å². The average molecular weight is 219 g/mol. The predicted molar refractivity (Wildman–Crippen MR) is 72.4 cm³/mol. The number of hydrogen-bond acceptors (Lipinski definition) is 1. The molecule has 1 atom stereocenters. The summed E-state index contributed by atoms with van der Waals surface area (Å²) in [5.74, 6) is 1.06. The van der Waals surface area contributed by atoms with Gasteiger partial charge in [-0.1, -0.05) is 64.2 Å². The van der Waals surface area contributed by atoms with E-state index in [0.717, 1.165) is 0 Å². The Labute approximate surface area is 100 Å². The predicted octanol–water partition coefficient (Wildman–Crippen LogP) is 3.56. The van der Waals surface area contributed by atoms with Gasteiger partial charge in [-0.15, -0.1) is 0 Å². The third kappa shape index (κ3) is 2.46. The zero-order chi connectivity index (χ0) is 12.3. The van der Waals surface area contributed by atoms with Crippen LogP contribution in [0.4, 0.5) is 0 Å². The lowest BCUT2D eigenvalue weighted by molar-refractivity contribution is 0.317. The van der Waals surface area contributed by atoms with Gasteiger partial charge in [0.25, 0.3) is 0 Å². The molecule has 0 aromatic rings. The van der Waals surface area contributed by atoms with E-state index in [2.05, 4.69) is 63.9 Å². The van der Waals surface area contributed by atoms with Gasteiger partial charge < -0.3 is 5.32 Å². The van der Waals surface area contributed by atoms with Gasteiger partial charge in [0.15, 0.2) is 0 Å². The molecule has 0 aromatic carbocycles. The molecule has 0 bridgehead atoms. The largest absolute Gasteiger partial charge is 0.313 e. The number of likely N-dealkylation sites (N-methyl/N-ethyl adjacent to an activating group) is 1. The summed E-state index contributed by atoms with van der Waals surface area (Å²) in [5.41, 5.74) is 1.41. The van der Waals surface area contributed by atoms with E-state index in [4.69, 9.17) is 0 Å². The molecule has 1 heteroatoms.